The van der Waals surface area contributed by atoms with Crippen LogP contribution in [0.2, 0.25) is 0 Å². The highest BCUT2D eigenvalue weighted by Crippen LogP contribution is 2.23. The van der Waals surface area contributed by atoms with Gasteiger partial charge in [-0.3, -0.25) is 4.79 Å². The van der Waals surface area contributed by atoms with Crippen LogP contribution in [-0.4, -0.2) is 12.5 Å². The van der Waals surface area contributed by atoms with Crippen LogP contribution in [0.4, 0.5) is 15.8 Å². The minimum Gasteiger partial charge on any atom is -0.492 e. The Bertz CT molecular complexity index is 612. The zero-order valence-corrected chi connectivity index (χ0v) is 11.0. The van der Waals surface area contributed by atoms with Gasteiger partial charge in [0.25, 0.3) is 5.91 Å². The van der Waals surface area contributed by atoms with E-state index in [0.29, 0.717) is 29.3 Å². The Hall–Kier alpha value is -2.56. The number of rotatable bonds is 4. The Labute approximate surface area is 116 Å². The summed E-state index contributed by atoms with van der Waals surface area (Å²) in [5.41, 5.74) is 7.14. The Morgan fingerprint density at radius 3 is 2.55 bits per heavy atom. The van der Waals surface area contributed by atoms with E-state index in [1.165, 1.54) is 24.3 Å². The van der Waals surface area contributed by atoms with Gasteiger partial charge in [-0.2, -0.15) is 0 Å². The van der Waals surface area contributed by atoms with E-state index >= 15 is 0 Å². The van der Waals surface area contributed by atoms with Gasteiger partial charge in [-0.1, -0.05) is 0 Å². The molecule has 0 aliphatic heterocycles. The van der Waals surface area contributed by atoms with E-state index < -0.39 is 0 Å². The van der Waals surface area contributed by atoms with Crippen molar-refractivity contribution in [2.24, 2.45) is 0 Å². The topological polar surface area (TPSA) is 64.3 Å². The number of carbonyl (C=O) groups excluding carboxylic acids is 1. The quantitative estimate of drug-likeness (QED) is 0.842. The summed E-state index contributed by atoms with van der Waals surface area (Å²) < 4.78 is 18.1. The molecule has 3 N–H and O–H groups in total. The van der Waals surface area contributed by atoms with E-state index in [9.17, 15) is 9.18 Å². The molecule has 1 amide bonds. The lowest BCUT2D eigenvalue weighted by Gasteiger charge is -2.09. The van der Waals surface area contributed by atoms with Gasteiger partial charge in [0.05, 0.1) is 12.3 Å². The number of ether oxygens (including phenoxy) is 1. The maximum atomic E-state index is 12.8. The standard InChI is InChI=1S/C15H15FN2O2/c1-2-20-14-8-3-10(9-13(14)17)15(19)18-12-6-4-11(16)5-7-12/h3-9H,2,17H2,1H3,(H,18,19). The number of anilines is 2. The van der Waals surface area contributed by atoms with Crippen molar-refractivity contribution in [2.75, 3.05) is 17.7 Å². The average Bonchev–Trinajstić information content (AvgIpc) is 2.44. The Balaban J connectivity index is 2.13. The number of hydrogen-bond acceptors (Lipinski definition) is 3. The maximum absolute atomic E-state index is 12.8. The minimum atomic E-state index is -0.353. The fraction of sp³-hybridized carbons (Fsp3) is 0.133. The van der Waals surface area contributed by atoms with Crippen molar-refractivity contribution in [1.82, 2.24) is 0 Å². The first kappa shape index (κ1) is 13.9. The smallest absolute Gasteiger partial charge is 0.255 e. The Morgan fingerprint density at radius 2 is 1.95 bits per heavy atom. The van der Waals surface area contributed by atoms with Crippen LogP contribution in [0.1, 0.15) is 17.3 Å². The summed E-state index contributed by atoms with van der Waals surface area (Å²) in [5.74, 6) is -0.120. The molecule has 104 valence electrons. The first-order valence-corrected chi connectivity index (χ1v) is 6.19. The lowest BCUT2D eigenvalue weighted by Crippen LogP contribution is -2.12. The predicted octanol–water partition coefficient (Wildman–Crippen LogP) is 3.06. The zero-order chi connectivity index (χ0) is 14.5. The predicted molar refractivity (Wildman–Crippen MR) is 76.4 cm³/mol. The van der Waals surface area contributed by atoms with Gasteiger partial charge in [0.15, 0.2) is 0 Å². The number of hydrogen-bond donors (Lipinski definition) is 2. The Morgan fingerprint density at radius 1 is 1.25 bits per heavy atom. The summed E-state index contributed by atoms with van der Waals surface area (Å²) in [4.78, 5) is 12.0. The fourth-order valence-electron chi connectivity index (χ4n) is 1.71. The van der Waals surface area contributed by atoms with Crippen molar-refractivity contribution < 1.29 is 13.9 Å². The molecule has 2 aromatic rings. The fourth-order valence-corrected chi connectivity index (χ4v) is 1.71. The molecule has 2 rings (SSSR count). The summed E-state index contributed by atoms with van der Waals surface area (Å²) in [6.07, 6.45) is 0. The highest BCUT2D eigenvalue weighted by atomic mass is 19.1. The number of nitrogen functional groups attached to an aromatic ring is 1. The van der Waals surface area contributed by atoms with Gasteiger partial charge in [0.2, 0.25) is 0 Å². The molecule has 20 heavy (non-hydrogen) atoms. The number of carbonyl (C=O) groups is 1. The number of nitrogens with two attached hydrogens (primary N) is 1. The molecule has 0 fully saturated rings. The average molecular weight is 274 g/mol. The molecule has 0 spiro atoms. The molecule has 0 bridgehead atoms. The van der Waals surface area contributed by atoms with Crippen LogP contribution in [0, 0.1) is 5.82 Å². The van der Waals surface area contributed by atoms with Crippen molar-refractivity contribution in [1.29, 1.82) is 0 Å². The van der Waals surface area contributed by atoms with E-state index in [1.54, 1.807) is 18.2 Å². The molecule has 0 aliphatic rings. The van der Waals surface area contributed by atoms with Gasteiger partial charge in [0.1, 0.15) is 11.6 Å². The van der Waals surface area contributed by atoms with Crippen molar-refractivity contribution in [3.8, 4) is 5.75 Å². The lowest BCUT2D eigenvalue weighted by molar-refractivity contribution is 0.102. The van der Waals surface area contributed by atoms with Gasteiger partial charge >= 0.3 is 0 Å². The lowest BCUT2D eigenvalue weighted by atomic mass is 10.1. The number of amides is 1. The molecule has 4 nitrogen and oxygen atoms in total. The largest absolute Gasteiger partial charge is 0.492 e. The van der Waals surface area contributed by atoms with Crippen LogP contribution < -0.4 is 15.8 Å². The normalized spacial score (nSPS) is 10.1. The molecular weight excluding hydrogens is 259 g/mol. The molecular formula is C15H15FN2O2. The van der Waals surface area contributed by atoms with Crippen LogP contribution in [-0.2, 0) is 0 Å². The highest BCUT2D eigenvalue weighted by molar-refractivity contribution is 6.05. The molecule has 0 atom stereocenters. The SMILES string of the molecule is CCOc1ccc(C(=O)Nc2ccc(F)cc2)cc1N. The summed E-state index contributed by atoms with van der Waals surface area (Å²) >= 11 is 0. The molecule has 0 unspecified atom stereocenters. The zero-order valence-electron chi connectivity index (χ0n) is 11.0. The van der Waals surface area contributed by atoms with E-state index in [-0.39, 0.29) is 11.7 Å². The van der Waals surface area contributed by atoms with Crippen LogP contribution in [0.25, 0.3) is 0 Å². The second kappa shape index (κ2) is 6.06. The van der Waals surface area contributed by atoms with Gasteiger partial charge < -0.3 is 15.8 Å². The van der Waals surface area contributed by atoms with Gasteiger partial charge in [-0.25, -0.2) is 4.39 Å². The summed E-state index contributed by atoms with van der Waals surface area (Å²) in [6, 6.07) is 10.4. The first-order chi connectivity index (χ1) is 9.60. The van der Waals surface area contributed by atoms with Crippen molar-refractivity contribution in [3.63, 3.8) is 0 Å². The third-order valence-electron chi connectivity index (χ3n) is 2.67. The van der Waals surface area contributed by atoms with Gasteiger partial charge in [-0.15, -0.1) is 0 Å². The van der Waals surface area contributed by atoms with Crippen molar-refractivity contribution >= 4 is 17.3 Å². The molecule has 0 heterocycles. The highest BCUT2D eigenvalue weighted by Gasteiger charge is 2.09. The second-order valence-electron chi connectivity index (χ2n) is 4.15. The third-order valence-corrected chi connectivity index (χ3v) is 2.67. The first-order valence-electron chi connectivity index (χ1n) is 6.19. The summed E-state index contributed by atoms with van der Waals surface area (Å²) in [7, 11) is 0. The molecule has 0 saturated heterocycles. The van der Waals surface area contributed by atoms with Gasteiger partial charge in [-0.05, 0) is 49.4 Å². The van der Waals surface area contributed by atoms with Crippen LogP contribution in [0.15, 0.2) is 42.5 Å². The van der Waals surface area contributed by atoms with Crippen molar-refractivity contribution in [2.45, 2.75) is 6.92 Å². The summed E-state index contributed by atoms with van der Waals surface area (Å²) in [5, 5.41) is 2.66. The number of nitrogens with one attached hydrogen (secondary N) is 1. The van der Waals surface area contributed by atoms with E-state index in [2.05, 4.69) is 5.32 Å². The van der Waals surface area contributed by atoms with Crippen LogP contribution in [0.5, 0.6) is 5.75 Å². The summed E-state index contributed by atoms with van der Waals surface area (Å²) in [6.45, 7) is 2.36. The van der Waals surface area contributed by atoms with Gasteiger partial charge in [0, 0.05) is 11.3 Å². The van der Waals surface area contributed by atoms with Crippen molar-refractivity contribution in [3.05, 3.63) is 53.8 Å². The molecule has 2 aromatic carbocycles. The Kier molecular flexibility index (Phi) is 4.20. The third kappa shape index (κ3) is 3.26. The van der Waals surface area contributed by atoms with E-state index in [1.807, 2.05) is 6.92 Å². The number of benzene rings is 2. The second-order valence-corrected chi connectivity index (χ2v) is 4.15. The molecule has 0 aliphatic carbocycles. The maximum Gasteiger partial charge on any atom is 0.255 e. The van der Waals surface area contributed by atoms with E-state index in [4.69, 9.17) is 10.5 Å². The van der Waals surface area contributed by atoms with Crippen LogP contribution in [0.3, 0.4) is 0 Å². The van der Waals surface area contributed by atoms with Crippen LogP contribution >= 0.6 is 0 Å². The minimum absolute atomic E-state index is 0.314. The monoisotopic (exact) mass is 274 g/mol. The molecule has 5 heteroatoms. The van der Waals surface area contributed by atoms with E-state index in [0.717, 1.165) is 0 Å². The number of halogens is 1. The molecule has 0 radical (unpaired) electrons. The molecule has 0 aromatic heterocycles. The molecule has 0 saturated carbocycles.